The molecule has 1 amide bonds. The molecule has 0 aliphatic rings. The number of carbonyl (C=O) groups excluding carboxylic acids is 1. The van der Waals surface area contributed by atoms with E-state index in [2.05, 4.69) is 10.3 Å². The predicted octanol–water partition coefficient (Wildman–Crippen LogP) is 3.88. The zero-order chi connectivity index (χ0) is 14.7. The maximum absolute atomic E-state index is 12.4. The molecule has 0 fully saturated rings. The number of rotatable bonds is 4. The number of aromatic hydroxyl groups is 1. The molecule has 0 aliphatic heterocycles. The molecule has 0 spiro atoms. The van der Waals surface area contributed by atoms with Crippen molar-refractivity contribution in [3.8, 4) is 5.88 Å². The Labute approximate surface area is 126 Å². The molecule has 0 saturated carbocycles. The first kappa shape index (κ1) is 14.8. The van der Waals surface area contributed by atoms with E-state index in [1.54, 1.807) is 12.1 Å². The van der Waals surface area contributed by atoms with Crippen LogP contribution >= 0.6 is 22.9 Å². The van der Waals surface area contributed by atoms with Gasteiger partial charge in [-0.2, -0.15) is 4.98 Å². The van der Waals surface area contributed by atoms with Crippen molar-refractivity contribution in [1.29, 1.82) is 0 Å². The van der Waals surface area contributed by atoms with Crippen LogP contribution in [-0.4, -0.2) is 16.0 Å². The van der Waals surface area contributed by atoms with Crippen LogP contribution in [0.2, 0.25) is 5.02 Å². The first-order valence-electron chi connectivity index (χ1n) is 6.18. The largest absolute Gasteiger partial charge is 0.493 e. The van der Waals surface area contributed by atoms with Gasteiger partial charge >= 0.3 is 0 Å². The highest BCUT2D eigenvalue weighted by Gasteiger charge is 2.25. The number of amides is 1. The fourth-order valence-electron chi connectivity index (χ4n) is 2.01. The average molecular weight is 311 g/mol. The second-order valence-electron chi connectivity index (χ2n) is 4.77. The van der Waals surface area contributed by atoms with Crippen molar-refractivity contribution in [3.05, 3.63) is 40.2 Å². The van der Waals surface area contributed by atoms with Crippen molar-refractivity contribution in [2.24, 2.45) is 5.92 Å². The van der Waals surface area contributed by atoms with E-state index in [1.165, 1.54) is 16.7 Å². The van der Waals surface area contributed by atoms with Gasteiger partial charge in [-0.05, 0) is 23.6 Å². The van der Waals surface area contributed by atoms with E-state index < -0.39 is 0 Å². The molecule has 0 saturated heterocycles. The minimum Gasteiger partial charge on any atom is -0.493 e. The number of nitrogens with one attached hydrogen (secondary N) is 1. The molecule has 1 aromatic heterocycles. The Morgan fingerprint density at radius 3 is 2.50 bits per heavy atom. The number of thiazole rings is 1. The summed E-state index contributed by atoms with van der Waals surface area (Å²) in [6.07, 6.45) is 0. The summed E-state index contributed by atoms with van der Waals surface area (Å²) in [6, 6.07) is 7.25. The van der Waals surface area contributed by atoms with Crippen molar-refractivity contribution in [3.63, 3.8) is 0 Å². The first-order valence-corrected chi connectivity index (χ1v) is 7.44. The lowest BCUT2D eigenvalue weighted by Crippen LogP contribution is -2.25. The van der Waals surface area contributed by atoms with Gasteiger partial charge in [-0.15, -0.1) is 11.3 Å². The van der Waals surface area contributed by atoms with E-state index in [9.17, 15) is 9.90 Å². The van der Waals surface area contributed by atoms with E-state index in [-0.39, 0.29) is 23.6 Å². The molecule has 2 rings (SSSR count). The van der Waals surface area contributed by atoms with Crippen LogP contribution in [0.15, 0.2) is 29.6 Å². The fourth-order valence-corrected chi connectivity index (χ4v) is 2.72. The molecule has 0 radical (unpaired) electrons. The summed E-state index contributed by atoms with van der Waals surface area (Å²) in [7, 11) is 0. The third-order valence-electron chi connectivity index (χ3n) is 2.90. The summed E-state index contributed by atoms with van der Waals surface area (Å²) in [4.78, 5) is 16.2. The number of aromatic nitrogens is 1. The molecule has 0 unspecified atom stereocenters. The molecule has 4 nitrogen and oxygen atoms in total. The quantitative estimate of drug-likeness (QED) is 0.900. The third kappa shape index (κ3) is 3.49. The molecular weight excluding hydrogens is 296 g/mol. The number of nitrogens with zero attached hydrogens (tertiary/aromatic N) is 1. The smallest absolute Gasteiger partial charge is 0.233 e. The Hall–Kier alpha value is -1.59. The normalized spacial score (nSPS) is 12.4. The van der Waals surface area contributed by atoms with Crippen molar-refractivity contribution >= 4 is 34.0 Å². The van der Waals surface area contributed by atoms with Gasteiger partial charge in [-0.1, -0.05) is 37.6 Å². The number of halogens is 1. The molecule has 1 aromatic carbocycles. The highest BCUT2D eigenvalue weighted by molar-refractivity contribution is 7.14. The van der Waals surface area contributed by atoms with E-state index >= 15 is 0 Å². The Balaban J connectivity index is 2.20. The van der Waals surface area contributed by atoms with Crippen LogP contribution in [0.5, 0.6) is 5.88 Å². The molecule has 2 N–H and O–H groups in total. The molecule has 20 heavy (non-hydrogen) atoms. The third-order valence-corrected chi connectivity index (χ3v) is 3.90. The van der Waals surface area contributed by atoms with E-state index in [0.29, 0.717) is 10.2 Å². The minimum atomic E-state index is -0.293. The van der Waals surface area contributed by atoms with Crippen LogP contribution < -0.4 is 5.32 Å². The topological polar surface area (TPSA) is 62.2 Å². The number of hydrogen-bond acceptors (Lipinski definition) is 4. The maximum atomic E-state index is 12.4. The van der Waals surface area contributed by atoms with Gasteiger partial charge < -0.3 is 10.4 Å². The average Bonchev–Trinajstić information content (AvgIpc) is 2.77. The highest BCUT2D eigenvalue weighted by Crippen LogP contribution is 2.28. The second-order valence-corrected chi connectivity index (χ2v) is 6.07. The monoisotopic (exact) mass is 310 g/mol. The number of carbonyl (C=O) groups is 1. The summed E-state index contributed by atoms with van der Waals surface area (Å²) < 4.78 is 0. The number of benzene rings is 1. The zero-order valence-electron chi connectivity index (χ0n) is 11.1. The lowest BCUT2D eigenvalue weighted by atomic mass is 9.88. The molecule has 1 heterocycles. The van der Waals surface area contributed by atoms with Gasteiger partial charge in [0.25, 0.3) is 0 Å². The van der Waals surface area contributed by atoms with Crippen LogP contribution in [0.3, 0.4) is 0 Å². The van der Waals surface area contributed by atoms with Crippen LogP contribution in [-0.2, 0) is 4.79 Å². The number of anilines is 1. The van der Waals surface area contributed by atoms with Crippen LogP contribution in [0.25, 0.3) is 0 Å². The van der Waals surface area contributed by atoms with E-state index in [0.717, 1.165) is 5.56 Å². The summed E-state index contributed by atoms with van der Waals surface area (Å²) in [5.74, 6) is -0.391. The highest BCUT2D eigenvalue weighted by atomic mass is 35.5. The lowest BCUT2D eigenvalue weighted by molar-refractivity contribution is -0.118. The SMILES string of the molecule is CC(C)[C@H](C(=O)Nc1nc(O)cs1)c1ccc(Cl)cc1. The first-order chi connectivity index (χ1) is 9.47. The van der Waals surface area contributed by atoms with Crippen molar-refractivity contribution < 1.29 is 9.90 Å². The molecule has 0 bridgehead atoms. The summed E-state index contributed by atoms with van der Waals surface area (Å²) in [6.45, 7) is 3.97. The molecule has 106 valence electrons. The van der Waals surface area contributed by atoms with Crippen LogP contribution in [0.4, 0.5) is 5.13 Å². The predicted molar refractivity (Wildman–Crippen MR) is 81.4 cm³/mol. The standard InChI is InChI=1S/C14H15ClN2O2S/c1-8(2)12(9-3-5-10(15)6-4-9)13(19)17-14-16-11(18)7-20-14/h3-8,12,18H,1-2H3,(H,16,17,19)/t12-/m0/s1. The van der Waals surface area contributed by atoms with Gasteiger partial charge in [0, 0.05) is 5.02 Å². The van der Waals surface area contributed by atoms with Gasteiger partial charge in [0.05, 0.1) is 11.3 Å². The van der Waals surface area contributed by atoms with Crippen molar-refractivity contribution in [2.45, 2.75) is 19.8 Å². The van der Waals surface area contributed by atoms with Crippen LogP contribution in [0.1, 0.15) is 25.3 Å². The van der Waals surface area contributed by atoms with E-state index in [4.69, 9.17) is 11.6 Å². The molecule has 6 heteroatoms. The van der Waals surface area contributed by atoms with E-state index in [1.807, 2.05) is 26.0 Å². The van der Waals surface area contributed by atoms with Crippen molar-refractivity contribution in [1.82, 2.24) is 4.98 Å². The summed E-state index contributed by atoms with van der Waals surface area (Å²) >= 11 is 7.06. The minimum absolute atomic E-state index is 0.0853. The van der Waals surface area contributed by atoms with Gasteiger partial charge in [-0.25, -0.2) is 0 Å². The Bertz CT molecular complexity index is 595. The van der Waals surface area contributed by atoms with Crippen LogP contribution in [0, 0.1) is 5.92 Å². The maximum Gasteiger partial charge on any atom is 0.233 e. The molecular formula is C14H15ClN2O2S. The Morgan fingerprint density at radius 2 is 2.00 bits per heavy atom. The number of hydrogen-bond donors (Lipinski definition) is 2. The van der Waals surface area contributed by atoms with Crippen molar-refractivity contribution in [2.75, 3.05) is 5.32 Å². The Kier molecular flexibility index (Phi) is 4.62. The second kappa shape index (κ2) is 6.24. The van der Waals surface area contributed by atoms with Gasteiger partial charge in [0.15, 0.2) is 5.13 Å². The van der Waals surface area contributed by atoms with Gasteiger partial charge in [-0.3, -0.25) is 4.79 Å². The summed E-state index contributed by atoms with van der Waals surface area (Å²) in [5, 5.41) is 14.4. The molecule has 0 aliphatic carbocycles. The fraction of sp³-hybridized carbons (Fsp3) is 0.286. The summed E-state index contributed by atoms with van der Waals surface area (Å²) in [5.41, 5.74) is 0.905. The lowest BCUT2D eigenvalue weighted by Gasteiger charge is -2.20. The van der Waals surface area contributed by atoms with Gasteiger partial charge in [0.1, 0.15) is 0 Å². The van der Waals surface area contributed by atoms with Gasteiger partial charge in [0.2, 0.25) is 11.8 Å². The molecule has 2 aromatic rings. The zero-order valence-corrected chi connectivity index (χ0v) is 12.7. The molecule has 1 atom stereocenters. The Morgan fingerprint density at radius 1 is 1.35 bits per heavy atom.